The summed E-state index contributed by atoms with van der Waals surface area (Å²) in [4.78, 5) is 0. The highest BCUT2D eigenvalue weighted by Crippen LogP contribution is 2.37. The van der Waals surface area contributed by atoms with E-state index in [1.54, 1.807) is 0 Å². The highest BCUT2D eigenvalue weighted by molar-refractivity contribution is 6.12. The minimum Gasteiger partial charge on any atom is -0.340 e. The Kier molecular flexibility index (Phi) is 20.0. The molecule has 0 atom stereocenters. The lowest BCUT2D eigenvalue weighted by Crippen LogP contribution is -1.98. The van der Waals surface area contributed by atoms with Crippen molar-refractivity contribution < 1.29 is 0 Å². The van der Waals surface area contributed by atoms with Gasteiger partial charge in [-0.25, -0.2) is 0 Å². The van der Waals surface area contributed by atoms with Gasteiger partial charge in [0.1, 0.15) is 0 Å². The first-order chi connectivity index (χ1) is 45.5. The number of hydrogen-bond donors (Lipinski definition) is 0. The Balaban J connectivity index is 0.947. The molecule has 0 saturated carbocycles. The van der Waals surface area contributed by atoms with Crippen molar-refractivity contribution in [3.63, 3.8) is 0 Å². The lowest BCUT2D eigenvalue weighted by molar-refractivity contribution is 0.571. The maximum atomic E-state index is 3.67. The third-order valence-electron chi connectivity index (χ3n) is 19.8. The van der Waals surface area contributed by atoms with E-state index in [-0.39, 0.29) is 0 Å². The summed E-state index contributed by atoms with van der Waals surface area (Å²) in [5, 5.41) is 9.86. The van der Waals surface area contributed by atoms with Gasteiger partial charge in [0.2, 0.25) is 0 Å². The molecule has 4 nitrogen and oxygen atoms in total. The van der Waals surface area contributed by atoms with Gasteiger partial charge >= 0.3 is 0 Å². The van der Waals surface area contributed by atoms with Gasteiger partial charge in [0.05, 0.1) is 0 Å². The predicted molar refractivity (Wildman–Crippen MR) is 395 cm³/mol. The van der Waals surface area contributed by atoms with Crippen molar-refractivity contribution in [3.05, 3.63) is 190 Å². The molecule has 4 heteroatoms. The van der Waals surface area contributed by atoms with Crippen molar-refractivity contribution in [2.75, 3.05) is 0 Å². The zero-order valence-electron chi connectivity index (χ0n) is 55.4. The van der Waals surface area contributed by atoms with Gasteiger partial charge in [0.15, 0.2) is 0 Å². The Morgan fingerprint density at radius 1 is 0.185 bits per heavy atom. The normalized spacial score (nSPS) is 12.0. The summed E-state index contributed by atoms with van der Waals surface area (Å²) in [7, 11) is 0. The second kappa shape index (κ2) is 29.7. The summed E-state index contributed by atoms with van der Waals surface area (Å²) in [6.45, 7) is 13.1. The van der Waals surface area contributed by atoms with E-state index in [1.807, 2.05) is 0 Å². The first-order valence-corrected chi connectivity index (χ1v) is 35.8. The molecule has 16 bridgehead atoms. The second-order valence-electron chi connectivity index (χ2n) is 26.5. The van der Waals surface area contributed by atoms with E-state index in [2.05, 4.69) is 239 Å². The average molecular weight is 1210 g/mol. The first-order valence-electron chi connectivity index (χ1n) is 35.8. The molecule has 0 amide bonds. The Bertz CT molecular complexity index is 4030. The van der Waals surface area contributed by atoms with E-state index < -0.39 is 0 Å². The molecule has 8 aromatic carbocycles. The summed E-state index contributed by atoms with van der Waals surface area (Å²) < 4.78 is 10.2. The van der Waals surface area contributed by atoms with Crippen LogP contribution in [0.25, 0.3) is 87.2 Å². The van der Waals surface area contributed by atoms with Crippen LogP contribution < -0.4 is 0 Å². The number of fused-ring (bicyclic) bond motifs is 8. The van der Waals surface area contributed by atoms with Crippen LogP contribution in [0.1, 0.15) is 226 Å². The fourth-order valence-electron chi connectivity index (χ4n) is 14.8. The molecule has 0 N–H and O–H groups in total. The summed E-state index contributed by atoms with van der Waals surface area (Å²) in [5.41, 5.74) is 18.2. The van der Waals surface area contributed by atoms with Crippen LogP contribution in [0.15, 0.2) is 146 Å². The summed E-state index contributed by atoms with van der Waals surface area (Å²) in [6, 6.07) is 55.0. The van der Waals surface area contributed by atoms with E-state index in [0.29, 0.717) is 0 Å². The minimum atomic E-state index is 0.988. The highest BCUT2D eigenvalue weighted by Gasteiger charge is 2.17. The van der Waals surface area contributed by atoms with Gasteiger partial charge in [-0.3, -0.25) is 0 Å². The standard InChI is InChI=1S/C88H92N4/c1-5-9-13-17-21-25-53-89-81-45-37-65-29-31-67-39-47-83-75(59-67)77-61-69(41-49-85(77)90(83)54-26-22-18-14-10-6-2)33-35-71-43-51-87-79(63-71)80-64-72(44-52-88(80)92(87)56-28-24-20-16-12-8-4)36-34-70-42-50-86-78(62-70)76-60-68(32-30-66-38-46-82(89)74(58-66)73(81)57-65)40-48-84(76)91(86)55-27-23-19-15-11-7-3/h37-52,57-64H,5-28,53-56H2,1-4H3. The van der Waals surface area contributed by atoms with E-state index >= 15 is 0 Å². The summed E-state index contributed by atoms with van der Waals surface area (Å²) in [6.07, 6.45) is 30.3. The number of nitrogens with zero attached hydrogens (tertiary/aromatic N) is 4. The molecule has 0 spiro atoms. The van der Waals surface area contributed by atoms with Crippen LogP contribution in [0.2, 0.25) is 0 Å². The topological polar surface area (TPSA) is 19.7 Å². The fourth-order valence-corrected chi connectivity index (χ4v) is 14.8. The molecule has 0 saturated heterocycles. The van der Waals surface area contributed by atoms with E-state index in [9.17, 15) is 0 Å². The molecule has 1 aliphatic carbocycles. The zero-order valence-corrected chi connectivity index (χ0v) is 55.4. The van der Waals surface area contributed by atoms with Crippen LogP contribution in [0.5, 0.6) is 0 Å². The minimum absolute atomic E-state index is 0.988. The van der Waals surface area contributed by atoms with Gasteiger partial charge < -0.3 is 18.3 Å². The molecule has 464 valence electrons. The molecular formula is C88H92N4. The maximum Gasteiger partial charge on any atom is 0.0492 e. The molecule has 0 aliphatic heterocycles. The number of rotatable bonds is 28. The third kappa shape index (κ3) is 13.7. The smallest absolute Gasteiger partial charge is 0.0492 e. The van der Waals surface area contributed by atoms with Crippen LogP contribution in [-0.2, 0) is 26.2 Å². The maximum absolute atomic E-state index is 3.67. The van der Waals surface area contributed by atoms with Crippen molar-refractivity contribution in [1.29, 1.82) is 0 Å². The quantitative estimate of drug-likeness (QED) is 0.0344. The van der Waals surface area contributed by atoms with Gasteiger partial charge in [-0.1, -0.05) is 203 Å². The van der Waals surface area contributed by atoms with Crippen molar-refractivity contribution >= 4 is 87.2 Å². The molecule has 12 aromatic rings. The largest absolute Gasteiger partial charge is 0.340 e. The molecule has 13 rings (SSSR count). The van der Waals surface area contributed by atoms with Crippen LogP contribution >= 0.6 is 0 Å². The van der Waals surface area contributed by atoms with Crippen molar-refractivity contribution in [2.45, 2.75) is 208 Å². The monoisotopic (exact) mass is 1200 g/mol. The molecule has 4 aromatic heterocycles. The number of hydrogen-bond acceptors (Lipinski definition) is 0. The van der Waals surface area contributed by atoms with Gasteiger partial charge in [-0.05, 0) is 171 Å². The van der Waals surface area contributed by atoms with Crippen molar-refractivity contribution in [1.82, 2.24) is 18.3 Å². The number of aryl methyl sites for hydroxylation is 4. The van der Waals surface area contributed by atoms with Crippen LogP contribution in [-0.4, -0.2) is 18.3 Å². The number of unbranched alkanes of at least 4 members (excludes halogenated alkanes) is 20. The molecule has 1 aliphatic rings. The average Bonchev–Trinajstić information content (AvgIpc) is 1.66. The fraction of sp³-hybridized carbons (Fsp3) is 0.364. The Morgan fingerprint density at radius 2 is 0.326 bits per heavy atom. The predicted octanol–water partition coefficient (Wildman–Crippen LogP) is 23.5. The zero-order chi connectivity index (χ0) is 62.6. The van der Waals surface area contributed by atoms with Gasteiger partial charge in [0.25, 0.3) is 0 Å². The third-order valence-corrected chi connectivity index (χ3v) is 19.8. The Hall–Kier alpha value is -8.80. The van der Waals surface area contributed by atoms with Crippen molar-refractivity contribution in [3.8, 4) is 47.4 Å². The molecule has 0 unspecified atom stereocenters. The lowest BCUT2D eigenvalue weighted by Gasteiger charge is -2.08. The molecule has 4 heterocycles. The van der Waals surface area contributed by atoms with Gasteiger partial charge in [0, 0.05) is 158 Å². The van der Waals surface area contributed by atoms with Crippen LogP contribution in [0.3, 0.4) is 0 Å². The van der Waals surface area contributed by atoms with E-state index in [0.717, 1.165) is 96.4 Å². The van der Waals surface area contributed by atoms with Crippen LogP contribution in [0, 0.1) is 47.4 Å². The lowest BCUT2D eigenvalue weighted by atomic mass is 10.0. The molecule has 0 radical (unpaired) electrons. The Labute approximate surface area is 547 Å². The SMILES string of the molecule is CCCCCCCCn1c2ccc3cc2c2cc(ccc21)C#Cc1ccc2c(c1)c1cc(ccc1n2CCCCCCCC)C#Cc1ccc2c(c1)c1cc(ccc1n2CCCCCCCC)C#Cc1ccc2c(c1)c1cc(ccc1n2CCCCCCCC)C#C3. The van der Waals surface area contributed by atoms with E-state index in [1.165, 1.54) is 216 Å². The van der Waals surface area contributed by atoms with Gasteiger partial charge in [-0.15, -0.1) is 0 Å². The number of benzene rings is 8. The van der Waals surface area contributed by atoms with E-state index in [4.69, 9.17) is 0 Å². The number of aromatic nitrogens is 4. The first kappa shape index (κ1) is 62.0. The highest BCUT2D eigenvalue weighted by atomic mass is 15.0. The van der Waals surface area contributed by atoms with Gasteiger partial charge in [-0.2, -0.15) is 0 Å². The molecule has 92 heavy (non-hydrogen) atoms. The second-order valence-corrected chi connectivity index (χ2v) is 26.5. The summed E-state index contributed by atoms with van der Waals surface area (Å²) in [5.74, 6) is 29.3. The summed E-state index contributed by atoms with van der Waals surface area (Å²) >= 11 is 0. The van der Waals surface area contributed by atoms with Crippen molar-refractivity contribution in [2.24, 2.45) is 0 Å². The molecular weight excluding hydrogens is 1110 g/mol. The Morgan fingerprint density at radius 3 is 0.478 bits per heavy atom. The van der Waals surface area contributed by atoms with Crippen LogP contribution in [0.4, 0.5) is 0 Å². The molecule has 0 fully saturated rings.